The molecule has 0 bridgehead atoms. The zero-order chi connectivity index (χ0) is 9.94. The molecule has 0 saturated heterocycles. The summed E-state index contributed by atoms with van der Waals surface area (Å²) in [5, 5.41) is 0. The molecule has 12 heavy (non-hydrogen) atoms. The maximum absolute atomic E-state index is 11.4. The largest absolute Gasteiger partial charge is 0.331 e. The lowest BCUT2D eigenvalue weighted by Gasteiger charge is -2.27. The summed E-state index contributed by atoms with van der Waals surface area (Å²) in [6.07, 6.45) is 0.921. The number of carbonyl (C=O) groups excluding carboxylic acids is 1. The zero-order valence-electron chi connectivity index (χ0n) is 9.01. The second-order valence-electron chi connectivity index (χ2n) is 4.59. The van der Waals surface area contributed by atoms with Gasteiger partial charge in [-0.1, -0.05) is 19.6 Å². The third-order valence-electron chi connectivity index (χ3n) is 1.42. The first-order chi connectivity index (χ1) is 5.24. The minimum atomic E-state index is -1.15. The van der Waals surface area contributed by atoms with Gasteiger partial charge in [-0.2, -0.15) is 0 Å². The molecule has 0 aliphatic carbocycles. The van der Waals surface area contributed by atoms with Crippen LogP contribution in [0.2, 0.25) is 19.6 Å². The Bertz CT molecular complexity index is 163. The van der Waals surface area contributed by atoms with Gasteiger partial charge in [-0.3, -0.25) is 0 Å². The van der Waals surface area contributed by atoms with Crippen LogP contribution in [0.15, 0.2) is 0 Å². The number of urea groups is 1. The van der Waals surface area contributed by atoms with E-state index in [0.29, 0.717) is 0 Å². The van der Waals surface area contributed by atoms with Crippen molar-refractivity contribution in [3.63, 3.8) is 0 Å². The summed E-state index contributed by atoms with van der Waals surface area (Å²) in [4.78, 5) is 14.8. The minimum Gasteiger partial charge on any atom is -0.331 e. The van der Waals surface area contributed by atoms with Gasteiger partial charge in [0, 0.05) is 27.3 Å². The predicted octanol–water partition coefficient (Wildman–Crippen LogP) is 1.48. The van der Waals surface area contributed by atoms with Crippen molar-refractivity contribution in [3.8, 4) is 0 Å². The molecule has 0 aromatic rings. The number of hydrogen-bond acceptors (Lipinski definition) is 1. The molecule has 0 aliphatic heterocycles. The molecule has 4 heteroatoms. The van der Waals surface area contributed by atoms with Crippen molar-refractivity contribution in [1.29, 1.82) is 0 Å². The fraction of sp³-hybridized carbons (Fsp3) is 0.875. The lowest BCUT2D eigenvalue weighted by molar-refractivity contribution is 0.187. The third-order valence-corrected chi connectivity index (χ3v) is 2.84. The summed E-state index contributed by atoms with van der Waals surface area (Å²) in [5.41, 5.74) is 0. The molecule has 0 atom stereocenters. The SMILES string of the molecule is CN(C)C(=O)N(C)C[Si](C)(C)C. The monoisotopic (exact) mass is 188 g/mol. The Morgan fingerprint density at radius 1 is 1.17 bits per heavy atom. The maximum Gasteiger partial charge on any atom is 0.318 e. The molecule has 0 radical (unpaired) electrons. The van der Waals surface area contributed by atoms with Crippen LogP contribution >= 0.6 is 0 Å². The molecule has 0 spiro atoms. The molecule has 0 fully saturated rings. The number of amides is 2. The summed E-state index contributed by atoms with van der Waals surface area (Å²) in [6, 6.07) is 0.0948. The van der Waals surface area contributed by atoms with E-state index in [2.05, 4.69) is 19.6 Å². The van der Waals surface area contributed by atoms with Crippen LogP contribution in [0.1, 0.15) is 0 Å². The van der Waals surface area contributed by atoms with Crippen LogP contribution in [0.3, 0.4) is 0 Å². The standard InChI is InChI=1S/C8H20N2OSi/c1-9(2)8(11)10(3)7-12(4,5)6/h7H2,1-6H3. The van der Waals surface area contributed by atoms with E-state index in [9.17, 15) is 4.79 Å². The Balaban J connectivity index is 4.05. The molecule has 0 aliphatic rings. The number of hydrogen-bond donors (Lipinski definition) is 0. The van der Waals surface area contributed by atoms with Crippen molar-refractivity contribution in [2.75, 3.05) is 27.3 Å². The minimum absolute atomic E-state index is 0.0948. The van der Waals surface area contributed by atoms with E-state index in [4.69, 9.17) is 0 Å². The molecule has 0 aromatic carbocycles. The van der Waals surface area contributed by atoms with Crippen molar-refractivity contribution >= 4 is 14.1 Å². The molecular weight excluding hydrogens is 168 g/mol. The molecule has 2 amide bonds. The number of rotatable bonds is 2. The van der Waals surface area contributed by atoms with Crippen molar-refractivity contribution in [1.82, 2.24) is 9.80 Å². The second kappa shape index (κ2) is 3.94. The normalized spacial score (nSPS) is 11.2. The predicted molar refractivity (Wildman–Crippen MR) is 55.1 cm³/mol. The van der Waals surface area contributed by atoms with E-state index < -0.39 is 8.07 Å². The number of carbonyl (C=O) groups is 1. The highest BCUT2D eigenvalue weighted by Gasteiger charge is 2.19. The molecule has 0 unspecified atom stereocenters. The van der Waals surface area contributed by atoms with E-state index in [1.165, 1.54) is 0 Å². The van der Waals surface area contributed by atoms with Crippen molar-refractivity contribution in [2.24, 2.45) is 0 Å². The van der Waals surface area contributed by atoms with E-state index >= 15 is 0 Å². The first kappa shape index (κ1) is 11.5. The van der Waals surface area contributed by atoms with Crippen molar-refractivity contribution in [3.05, 3.63) is 0 Å². The van der Waals surface area contributed by atoms with E-state index in [1.54, 1.807) is 23.9 Å². The molecule has 3 nitrogen and oxygen atoms in total. The van der Waals surface area contributed by atoms with Gasteiger partial charge in [0.25, 0.3) is 0 Å². The smallest absolute Gasteiger partial charge is 0.318 e. The van der Waals surface area contributed by atoms with Gasteiger partial charge in [-0.05, 0) is 0 Å². The summed E-state index contributed by atoms with van der Waals surface area (Å²) in [6.45, 7) is 6.77. The summed E-state index contributed by atoms with van der Waals surface area (Å²) in [5.74, 6) is 0. The Kier molecular flexibility index (Phi) is 3.77. The molecule has 0 N–H and O–H groups in total. The average Bonchev–Trinajstić information content (AvgIpc) is 1.82. The van der Waals surface area contributed by atoms with Crippen LogP contribution in [0.25, 0.3) is 0 Å². The Hall–Kier alpha value is -0.513. The highest BCUT2D eigenvalue weighted by molar-refractivity contribution is 6.76. The molecule has 0 saturated carbocycles. The summed E-state index contributed by atoms with van der Waals surface area (Å²) < 4.78 is 0. The molecule has 0 aromatic heterocycles. The highest BCUT2D eigenvalue weighted by atomic mass is 28.3. The van der Waals surface area contributed by atoms with Crippen LogP contribution in [-0.2, 0) is 0 Å². The van der Waals surface area contributed by atoms with E-state index in [0.717, 1.165) is 6.17 Å². The Labute approximate surface area is 76.4 Å². The van der Waals surface area contributed by atoms with E-state index in [-0.39, 0.29) is 6.03 Å². The van der Waals surface area contributed by atoms with Gasteiger partial charge in [0.2, 0.25) is 0 Å². The van der Waals surface area contributed by atoms with Crippen LogP contribution in [-0.4, -0.2) is 51.2 Å². The van der Waals surface area contributed by atoms with E-state index in [1.807, 2.05) is 7.05 Å². The first-order valence-corrected chi connectivity index (χ1v) is 7.87. The van der Waals surface area contributed by atoms with Crippen molar-refractivity contribution < 1.29 is 4.79 Å². The first-order valence-electron chi connectivity index (χ1n) is 4.16. The molecular formula is C8H20N2OSi. The Morgan fingerprint density at radius 2 is 1.58 bits per heavy atom. The van der Waals surface area contributed by atoms with Crippen LogP contribution in [0.5, 0.6) is 0 Å². The third kappa shape index (κ3) is 4.38. The van der Waals surface area contributed by atoms with Gasteiger partial charge in [-0.15, -0.1) is 0 Å². The second-order valence-corrected chi connectivity index (χ2v) is 10.0. The topological polar surface area (TPSA) is 23.6 Å². The van der Waals surface area contributed by atoms with Gasteiger partial charge in [-0.25, -0.2) is 4.79 Å². The van der Waals surface area contributed by atoms with Crippen LogP contribution < -0.4 is 0 Å². The molecule has 0 heterocycles. The Morgan fingerprint density at radius 3 is 1.83 bits per heavy atom. The van der Waals surface area contributed by atoms with Gasteiger partial charge in [0.1, 0.15) is 0 Å². The molecule has 72 valence electrons. The summed E-state index contributed by atoms with van der Waals surface area (Å²) >= 11 is 0. The van der Waals surface area contributed by atoms with Gasteiger partial charge < -0.3 is 9.80 Å². The zero-order valence-corrected chi connectivity index (χ0v) is 10.0. The van der Waals surface area contributed by atoms with Gasteiger partial charge in [0.15, 0.2) is 0 Å². The fourth-order valence-corrected chi connectivity index (χ4v) is 2.68. The average molecular weight is 188 g/mol. The van der Waals surface area contributed by atoms with Gasteiger partial charge >= 0.3 is 6.03 Å². The number of nitrogens with zero attached hydrogens (tertiary/aromatic N) is 2. The quantitative estimate of drug-likeness (QED) is 0.602. The summed E-state index contributed by atoms with van der Waals surface area (Å²) in [7, 11) is 4.27. The van der Waals surface area contributed by atoms with Crippen LogP contribution in [0.4, 0.5) is 4.79 Å². The van der Waals surface area contributed by atoms with Crippen LogP contribution in [0, 0.1) is 0 Å². The van der Waals surface area contributed by atoms with Crippen molar-refractivity contribution in [2.45, 2.75) is 19.6 Å². The highest BCUT2D eigenvalue weighted by Crippen LogP contribution is 2.03. The maximum atomic E-state index is 11.4. The fourth-order valence-electron chi connectivity index (χ4n) is 1.12. The van der Waals surface area contributed by atoms with Gasteiger partial charge in [0.05, 0.1) is 8.07 Å². The lowest BCUT2D eigenvalue weighted by Crippen LogP contribution is -2.45. The molecule has 0 rings (SSSR count). The lowest BCUT2D eigenvalue weighted by atomic mass is 10.7.